The molecule has 0 spiro atoms. The number of nitrogens with zero attached hydrogens (tertiary/aromatic N) is 2. The van der Waals surface area contributed by atoms with Crippen molar-refractivity contribution < 1.29 is 26.8 Å². The van der Waals surface area contributed by atoms with E-state index in [-0.39, 0.29) is 43.2 Å². The minimum absolute atomic E-state index is 0.128. The van der Waals surface area contributed by atoms with E-state index in [1.165, 1.54) is 21.3 Å². The number of amides is 2. The van der Waals surface area contributed by atoms with E-state index in [4.69, 9.17) is 0 Å². The molecular weight excluding hydrogens is 404 g/mol. The lowest BCUT2D eigenvalue weighted by Gasteiger charge is -2.34. The largest absolute Gasteiger partial charge is 0.343 e. The fraction of sp³-hybridized carbons (Fsp3) is 0.263. The number of sulfonamides is 1. The standard InChI is InChI=1S/C19H19F2N3O4S/c20-14-6-7-16(17(21)12-14)19(26)22-13-18(25)23-8-10-24(11-9-23)29(27,28)15-4-2-1-3-5-15/h1-7,12H,8-11,13H2,(H,22,26). The maximum atomic E-state index is 13.6. The van der Waals surface area contributed by atoms with E-state index in [2.05, 4.69) is 5.32 Å². The number of carbonyl (C=O) groups is 2. The van der Waals surface area contributed by atoms with Gasteiger partial charge in [-0.25, -0.2) is 17.2 Å². The Morgan fingerprint density at radius 1 is 0.966 bits per heavy atom. The molecule has 1 aliphatic heterocycles. The first-order valence-corrected chi connectivity index (χ1v) is 10.3. The second-order valence-corrected chi connectivity index (χ2v) is 8.34. The molecule has 29 heavy (non-hydrogen) atoms. The number of piperazine rings is 1. The topological polar surface area (TPSA) is 86.8 Å². The van der Waals surface area contributed by atoms with Crippen molar-refractivity contribution in [3.05, 3.63) is 65.7 Å². The number of nitrogens with one attached hydrogen (secondary N) is 1. The Morgan fingerprint density at radius 3 is 2.24 bits per heavy atom. The Bertz CT molecular complexity index is 1010. The zero-order valence-corrected chi connectivity index (χ0v) is 16.2. The molecule has 1 heterocycles. The summed E-state index contributed by atoms with van der Waals surface area (Å²) in [4.78, 5) is 25.9. The van der Waals surface area contributed by atoms with Crippen molar-refractivity contribution in [2.75, 3.05) is 32.7 Å². The molecule has 0 radical (unpaired) electrons. The summed E-state index contributed by atoms with van der Waals surface area (Å²) in [5.74, 6) is -3.08. The van der Waals surface area contributed by atoms with Gasteiger partial charge in [0.2, 0.25) is 15.9 Å². The summed E-state index contributed by atoms with van der Waals surface area (Å²) < 4.78 is 53.0. The number of benzene rings is 2. The fourth-order valence-electron chi connectivity index (χ4n) is 2.96. The maximum Gasteiger partial charge on any atom is 0.254 e. The Kier molecular flexibility index (Phi) is 6.23. The van der Waals surface area contributed by atoms with Gasteiger partial charge in [0, 0.05) is 32.2 Å². The molecule has 1 fully saturated rings. The van der Waals surface area contributed by atoms with Gasteiger partial charge in [0.05, 0.1) is 17.0 Å². The van der Waals surface area contributed by atoms with Crippen molar-refractivity contribution in [3.63, 3.8) is 0 Å². The minimum Gasteiger partial charge on any atom is -0.343 e. The number of hydrogen-bond acceptors (Lipinski definition) is 4. The second-order valence-electron chi connectivity index (χ2n) is 6.40. The Balaban J connectivity index is 1.53. The van der Waals surface area contributed by atoms with Gasteiger partial charge >= 0.3 is 0 Å². The SMILES string of the molecule is O=C(NCC(=O)N1CCN(S(=O)(=O)c2ccccc2)CC1)c1ccc(F)cc1F. The van der Waals surface area contributed by atoms with Crippen LogP contribution in [0.3, 0.4) is 0 Å². The zero-order chi connectivity index (χ0) is 21.0. The van der Waals surface area contributed by atoms with Crippen molar-refractivity contribution in [2.24, 2.45) is 0 Å². The Morgan fingerprint density at radius 2 is 1.62 bits per heavy atom. The van der Waals surface area contributed by atoms with Gasteiger partial charge in [-0.15, -0.1) is 0 Å². The van der Waals surface area contributed by atoms with Crippen LogP contribution in [0.15, 0.2) is 53.4 Å². The third kappa shape index (κ3) is 4.77. The predicted octanol–water partition coefficient (Wildman–Crippen LogP) is 1.23. The Hall–Kier alpha value is -2.85. The van der Waals surface area contributed by atoms with Crippen LogP contribution in [-0.4, -0.2) is 62.2 Å². The third-order valence-corrected chi connectivity index (χ3v) is 6.46. The summed E-state index contributed by atoms with van der Waals surface area (Å²) in [6.45, 7) is 0.228. The van der Waals surface area contributed by atoms with Crippen LogP contribution >= 0.6 is 0 Å². The summed E-state index contributed by atoms with van der Waals surface area (Å²) in [7, 11) is -3.63. The van der Waals surface area contributed by atoms with Crippen molar-refractivity contribution in [2.45, 2.75) is 4.90 Å². The molecule has 0 aliphatic carbocycles. The summed E-state index contributed by atoms with van der Waals surface area (Å²) in [6.07, 6.45) is 0. The average molecular weight is 423 g/mol. The van der Waals surface area contributed by atoms with Crippen molar-refractivity contribution in [1.29, 1.82) is 0 Å². The molecule has 2 amide bonds. The van der Waals surface area contributed by atoms with Crippen LogP contribution in [0.1, 0.15) is 10.4 Å². The normalized spacial score (nSPS) is 15.2. The molecule has 10 heteroatoms. The molecule has 7 nitrogen and oxygen atoms in total. The van der Waals surface area contributed by atoms with Crippen LogP contribution in [0.4, 0.5) is 8.78 Å². The first kappa shape index (κ1) is 20.9. The zero-order valence-electron chi connectivity index (χ0n) is 15.3. The molecule has 3 rings (SSSR count). The molecule has 0 atom stereocenters. The van der Waals surface area contributed by atoms with E-state index in [1.54, 1.807) is 18.2 Å². The van der Waals surface area contributed by atoms with Gasteiger partial charge in [0.1, 0.15) is 11.6 Å². The van der Waals surface area contributed by atoms with Gasteiger partial charge in [-0.3, -0.25) is 9.59 Å². The van der Waals surface area contributed by atoms with Crippen LogP contribution in [0.5, 0.6) is 0 Å². The first-order chi connectivity index (χ1) is 13.8. The average Bonchev–Trinajstić information content (AvgIpc) is 2.72. The van der Waals surface area contributed by atoms with Crippen LogP contribution in [0.25, 0.3) is 0 Å². The van der Waals surface area contributed by atoms with Gasteiger partial charge in [0.15, 0.2) is 0 Å². The smallest absolute Gasteiger partial charge is 0.254 e. The molecule has 154 valence electrons. The van der Waals surface area contributed by atoms with E-state index in [1.807, 2.05) is 0 Å². The van der Waals surface area contributed by atoms with Crippen LogP contribution in [0, 0.1) is 11.6 Å². The fourth-order valence-corrected chi connectivity index (χ4v) is 4.40. The third-order valence-electron chi connectivity index (χ3n) is 4.55. The highest BCUT2D eigenvalue weighted by molar-refractivity contribution is 7.89. The van der Waals surface area contributed by atoms with Gasteiger partial charge in [-0.05, 0) is 24.3 Å². The predicted molar refractivity (Wildman–Crippen MR) is 100 cm³/mol. The van der Waals surface area contributed by atoms with Gasteiger partial charge < -0.3 is 10.2 Å². The van der Waals surface area contributed by atoms with E-state index >= 15 is 0 Å². The van der Waals surface area contributed by atoms with Gasteiger partial charge in [-0.1, -0.05) is 18.2 Å². The van der Waals surface area contributed by atoms with Gasteiger partial charge in [-0.2, -0.15) is 4.31 Å². The van der Waals surface area contributed by atoms with E-state index in [0.29, 0.717) is 6.07 Å². The van der Waals surface area contributed by atoms with E-state index < -0.39 is 33.5 Å². The molecule has 2 aromatic rings. The van der Waals surface area contributed by atoms with Gasteiger partial charge in [0.25, 0.3) is 5.91 Å². The van der Waals surface area contributed by atoms with Crippen molar-refractivity contribution in [3.8, 4) is 0 Å². The molecule has 1 N–H and O–H groups in total. The van der Waals surface area contributed by atoms with E-state index in [9.17, 15) is 26.8 Å². The minimum atomic E-state index is -3.63. The highest BCUT2D eigenvalue weighted by Crippen LogP contribution is 2.17. The molecule has 0 aromatic heterocycles. The first-order valence-electron chi connectivity index (χ1n) is 8.85. The molecule has 0 bridgehead atoms. The monoisotopic (exact) mass is 423 g/mol. The molecule has 1 aliphatic rings. The number of halogens is 2. The van der Waals surface area contributed by atoms with Crippen LogP contribution in [-0.2, 0) is 14.8 Å². The molecular formula is C19H19F2N3O4S. The second kappa shape index (κ2) is 8.66. The lowest BCUT2D eigenvalue weighted by molar-refractivity contribution is -0.131. The molecule has 1 saturated heterocycles. The number of hydrogen-bond donors (Lipinski definition) is 1. The molecule has 2 aromatic carbocycles. The van der Waals surface area contributed by atoms with Crippen molar-refractivity contribution >= 4 is 21.8 Å². The summed E-state index contributed by atoms with van der Waals surface area (Å²) in [6, 6.07) is 10.6. The summed E-state index contributed by atoms with van der Waals surface area (Å²) in [5.41, 5.74) is -0.363. The summed E-state index contributed by atoms with van der Waals surface area (Å²) in [5, 5.41) is 2.30. The van der Waals surface area contributed by atoms with Crippen LogP contribution < -0.4 is 5.32 Å². The highest BCUT2D eigenvalue weighted by Gasteiger charge is 2.30. The van der Waals surface area contributed by atoms with Crippen molar-refractivity contribution in [1.82, 2.24) is 14.5 Å². The lowest BCUT2D eigenvalue weighted by atomic mass is 10.2. The lowest BCUT2D eigenvalue weighted by Crippen LogP contribution is -2.52. The van der Waals surface area contributed by atoms with Crippen LogP contribution in [0.2, 0.25) is 0 Å². The number of rotatable bonds is 5. The highest BCUT2D eigenvalue weighted by atomic mass is 32.2. The summed E-state index contributed by atoms with van der Waals surface area (Å²) >= 11 is 0. The maximum absolute atomic E-state index is 13.6. The Labute approximate surface area is 167 Å². The quantitative estimate of drug-likeness (QED) is 0.784. The molecule has 0 saturated carbocycles. The van der Waals surface area contributed by atoms with E-state index in [0.717, 1.165) is 12.1 Å². The molecule has 0 unspecified atom stereocenters. The number of carbonyl (C=O) groups excluding carboxylic acids is 2.